The summed E-state index contributed by atoms with van der Waals surface area (Å²) in [7, 11) is 1.69. The van der Waals surface area contributed by atoms with Crippen molar-refractivity contribution in [3.63, 3.8) is 0 Å². The molecule has 0 aliphatic heterocycles. The number of hydrogen-bond acceptors (Lipinski definition) is 4. The molecule has 0 aliphatic rings. The third-order valence-corrected chi connectivity index (χ3v) is 2.92. The monoisotopic (exact) mass is 289 g/mol. The molecule has 2 rings (SSSR count). The Balaban J connectivity index is 1.89. The van der Waals surface area contributed by atoms with Crippen LogP contribution < -0.4 is 10.1 Å². The van der Waals surface area contributed by atoms with Crippen LogP contribution in [0, 0.1) is 0 Å². The van der Waals surface area contributed by atoms with Gasteiger partial charge in [-0.1, -0.05) is 12.1 Å². The Morgan fingerprint density at radius 2 is 2.19 bits per heavy atom. The number of nitrogens with zero attached hydrogens (tertiary/aromatic N) is 2. The first kappa shape index (κ1) is 15.4. The van der Waals surface area contributed by atoms with E-state index in [1.807, 2.05) is 43.1 Å². The van der Waals surface area contributed by atoms with Crippen LogP contribution in [0.3, 0.4) is 0 Å². The number of ether oxygens (including phenoxy) is 2. The lowest BCUT2D eigenvalue weighted by atomic mass is 10.2. The third kappa shape index (κ3) is 5.11. The summed E-state index contributed by atoms with van der Waals surface area (Å²) >= 11 is 0. The molecule has 5 nitrogen and oxygen atoms in total. The minimum absolute atomic E-state index is 0.187. The van der Waals surface area contributed by atoms with E-state index in [0.717, 1.165) is 24.5 Å². The second kappa shape index (κ2) is 7.69. The van der Waals surface area contributed by atoms with Gasteiger partial charge < -0.3 is 14.8 Å². The molecule has 1 heterocycles. The summed E-state index contributed by atoms with van der Waals surface area (Å²) in [6, 6.07) is 8.13. The predicted octanol–water partition coefficient (Wildman–Crippen LogP) is 2.93. The van der Waals surface area contributed by atoms with Crippen molar-refractivity contribution < 1.29 is 9.47 Å². The van der Waals surface area contributed by atoms with Crippen LogP contribution in [-0.2, 0) is 17.8 Å². The van der Waals surface area contributed by atoms with Crippen LogP contribution in [0.25, 0.3) is 0 Å². The first-order valence-electron chi connectivity index (χ1n) is 7.18. The molecular weight excluding hydrogens is 266 g/mol. The van der Waals surface area contributed by atoms with Gasteiger partial charge in [-0.2, -0.15) is 5.10 Å². The first-order chi connectivity index (χ1) is 10.2. The Morgan fingerprint density at radius 3 is 2.95 bits per heavy atom. The molecule has 0 fully saturated rings. The second-order valence-corrected chi connectivity index (χ2v) is 5.15. The van der Waals surface area contributed by atoms with Gasteiger partial charge in [-0.05, 0) is 31.5 Å². The Bertz CT molecular complexity index is 552. The number of rotatable bonds is 8. The maximum Gasteiger partial charge on any atom is 0.120 e. The van der Waals surface area contributed by atoms with Crippen molar-refractivity contribution >= 4 is 5.69 Å². The highest BCUT2D eigenvalue weighted by atomic mass is 16.5. The fraction of sp³-hybridized carbons (Fsp3) is 0.438. The number of methoxy groups -OCH3 is 1. The molecule has 1 aromatic carbocycles. The van der Waals surface area contributed by atoms with Crippen LogP contribution in [-0.4, -0.2) is 29.6 Å². The molecule has 21 heavy (non-hydrogen) atoms. The summed E-state index contributed by atoms with van der Waals surface area (Å²) in [5.74, 6) is 0.903. The molecular formula is C16H23N3O2. The summed E-state index contributed by atoms with van der Waals surface area (Å²) in [5, 5.41) is 7.63. The van der Waals surface area contributed by atoms with Crippen LogP contribution in [0.1, 0.15) is 19.4 Å². The minimum Gasteiger partial charge on any atom is -0.491 e. The number of hydrogen-bond donors (Lipinski definition) is 1. The van der Waals surface area contributed by atoms with Gasteiger partial charge in [-0.15, -0.1) is 0 Å². The van der Waals surface area contributed by atoms with Gasteiger partial charge in [0.2, 0.25) is 0 Å². The zero-order valence-electron chi connectivity index (χ0n) is 12.9. The van der Waals surface area contributed by atoms with E-state index >= 15 is 0 Å². The molecule has 1 aromatic heterocycles. The zero-order valence-corrected chi connectivity index (χ0v) is 12.9. The van der Waals surface area contributed by atoms with E-state index in [1.165, 1.54) is 5.56 Å². The molecule has 1 N–H and O–H groups in total. The Kier molecular flexibility index (Phi) is 5.63. The summed E-state index contributed by atoms with van der Waals surface area (Å²) in [6.07, 6.45) is 3.99. The molecule has 0 saturated carbocycles. The molecule has 0 spiro atoms. The SMILES string of the molecule is COCCn1cc(NCc2cccc(OC(C)C)c2)cn1. The van der Waals surface area contributed by atoms with Crippen molar-refractivity contribution in [3.8, 4) is 5.75 Å². The van der Waals surface area contributed by atoms with Gasteiger partial charge in [0.15, 0.2) is 0 Å². The first-order valence-corrected chi connectivity index (χ1v) is 7.18. The molecule has 114 valence electrons. The van der Waals surface area contributed by atoms with Crippen molar-refractivity contribution in [2.75, 3.05) is 19.0 Å². The smallest absolute Gasteiger partial charge is 0.120 e. The number of aromatic nitrogens is 2. The van der Waals surface area contributed by atoms with Gasteiger partial charge in [-0.25, -0.2) is 0 Å². The normalized spacial score (nSPS) is 10.9. The summed E-state index contributed by atoms with van der Waals surface area (Å²) in [4.78, 5) is 0. The molecule has 0 unspecified atom stereocenters. The van der Waals surface area contributed by atoms with Gasteiger partial charge in [0.25, 0.3) is 0 Å². The van der Waals surface area contributed by atoms with E-state index < -0.39 is 0 Å². The average molecular weight is 289 g/mol. The highest BCUT2D eigenvalue weighted by Gasteiger charge is 2.01. The number of anilines is 1. The lowest BCUT2D eigenvalue weighted by Crippen LogP contribution is -2.06. The third-order valence-electron chi connectivity index (χ3n) is 2.92. The van der Waals surface area contributed by atoms with Crippen molar-refractivity contribution in [2.45, 2.75) is 33.0 Å². The quantitative estimate of drug-likeness (QED) is 0.811. The second-order valence-electron chi connectivity index (χ2n) is 5.15. The molecule has 2 aromatic rings. The van der Waals surface area contributed by atoms with Crippen LogP contribution in [0.4, 0.5) is 5.69 Å². The minimum atomic E-state index is 0.187. The van der Waals surface area contributed by atoms with E-state index in [4.69, 9.17) is 9.47 Å². The van der Waals surface area contributed by atoms with Crippen molar-refractivity contribution in [1.82, 2.24) is 9.78 Å². The van der Waals surface area contributed by atoms with Crippen molar-refractivity contribution in [1.29, 1.82) is 0 Å². The molecule has 5 heteroatoms. The topological polar surface area (TPSA) is 48.3 Å². The van der Waals surface area contributed by atoms with Gasteiger partial charge in [-0.3, -0.25) is 4.68 Å². The standard InChI is InChI=1S/C16H23N3O2/c1-13(2)21-16-6-4-5-14(9-16)10-17-15-11-18-19(12-15)7-8-20-3/h4-6,9,11-13,17H,7-8,10H2,1-3H3. The maximum absolute atomic E-state index is 5.70. The number of benzene rings is 1. The van der Waals surface area contributed by atoms with E-state index in [1.54, 1.807) is 7.11 Å². The summed E-state index contributed by atoms with van der Waals surface area (Å²) in [6.45, 7) is 6.22. The number of nitrogens with one attached hydrogen (secondary N) is 1. The predicted molar refractivity (Wildman–Crippen MR) is 83.6 cm³/mol. The van der Waals surface area contributed by atoms with Gasteiger partial charge in [0, 0.05) is 19.9 Å². The molecule has 0 atom stereocenters. The molecule has 0 saturated heterocycles. The van der Waals surface area contributed by atoms with Gasteiger partial charge in [0.1, 0.15) is 5.75 Å². The highest BCUT2D eigenvalue weighted by Crippen LogP contribution is 2.16. The molecule has 0 radical (unpaired) electrons. The van der Waals surface area contributed by atoms with Gasteiger partial charge >= 0.3 is 0 Å². The van der Waals surface area contributed by atoms with Crippen LogP contribution in [0.2, 0.25) is 0 Å². The van der Waals surface area contributed by atoms with Crippen molar-refractivity contribution in [2.24, 2.45) is 0 Å². The summed E-state index contributed by atoms with van der Waals surface area (Å²) < 4.78 is 12.6. The zero-order chi connectivity index (χ0) is 15.1. The van der Waals surface area contributed by atoms with Crippen LogP contribution >= 0.6 is 0 Å². The Labute approximate surface area is 125 Å². The lowest BCUT2D eigenvalue weighted by Gasteiger charge is -2.11. The molecule has 0 amide bonds. The molecule has 0 aliphatic carbocycles. The molecule has 0 bridgehead atoms. The maximum atomic E-state index is 5.70. The van der Waals surface area contributed by atoms with Gasteiger partial charge in [0.05, 0.1) is 31.1 Å². The van der Waals surface area contributed by atoms with E-state index in [-0.39, 0.29) is 6.10 Å². The largest absolute Gasteiger partial charge is 0.491 e. The van der Waals surface area contributed by atoms with E-state index in [0.29, 0.717) is 6.61 Å². The fourth-order valence-corrected chi connectivity index (χ4v) is 1.97. The van der Waals surface area contributed by atoms with Crippen molar-refractivity contribution in [3.05, 3.63) is 42.2 Å². The van der Waals surface area contributed by atoms with Crippen LogP contribution in [0.5, 0.6) is 5.75 Å². The highest BCUT2D eigenvalue weighted by molar-refractivity contribution is 5.40. The fourth-order valence-electron chi connectivity index (χ4n) is 1.97. The Morgan fingerprint density at radius 1 is 1.33 bits per heavy atom. The Hall–Kier alpha value is -2.01. The van der Waals surface area contributed by atoms with E-state index in [9.17, 15) is 0 Å². The lowest BCUT2D eigenvalue weighted by molar-refractivity contribution is 0.183. The average Bonchev–Trinajstić information content (AvgIpc) is 2.90. The summed E-state index contributed by atoms with van der Waals surface area (Å²) in [5.41, 5.74) is 2.18. The van der Waals surface area contributed by atoms with Crippen LogP contribution in [0.15, 0.2) is 36.7 Å². The van der Waals surface area contributed by atoms with E-state index in [2.05, 4.69) is 22.5 Å².